The van der Waals surface area contributed by atoms with Gasteiger partial charge < -0.3 is 18.9 Å². The molecule has 0 fully saturated rings. The molecule has 0 bridgehead atoms. The van der Waals surface area contributed by atoms with E-state index in [9.17, 15) is 0 Å². The largest absolute Gasteiger partial charge is 0.495 e. The van der Waals surface area contributed by atoms with Crippen LogP contribution in [0.5, 0.6) is 17.2 Å². The molecule has 0 aliphatic heterocycles. The monoisotopic (exact) mass is 612 g/mol. The molecule has 3 aromatic rings. The van der Waals surface area contributed by atoms with Crippen molar-refractivity contribution in [2.75, 3.05) is 26.4 Å². The summed E-state index contributed by atoms with van der Waals surface area (Å²) in [5, 5.41) is 8.59. The van der Waals surface area contributed by atoms with Crippen LogP contribution >= 0.6 is 0 Å². The molecule has 6 heteroatoms. The fraction of sp³-hybridized carbons (Fsp3) is 0.333. The average molecular weight is 613 g/mol. The number of allylic oxidation sites excluding steroid dienone is 7. The fourth-order valence-corrected chi connectivity index (χ4v) is 3.19. The smallest absolute Gasteiger partial charge is 0.122 e. The molecule has 242 valence electrons. The Balaban J connectivity index is 0.00000113. The van der Waals surface area contributed by atoms with Crippen LogP contribution in [0, 0.1) is 6.92 Å². The van der Waals surface area contributed by atoms with E-state index in [4.69, 9.17) is 18.9 Å². The highest BCUT2D eigenvalue weighted by molar-refractivity contribution is 5.44. The average Bonchev–Trinajstić information content (AvgIpc) is 3.09. The summed E-state index contributed by atoms with van der Waals surface area (Å²) in [6.07, 6.45) is 8.96. The molecule has 0 atom stereocenters. The molecule has 0 heterocycles. The van der Waals surface area contributed by atoms with Gasteiger partial charge in [0.05, 0.1) is 17.1 Å². The van der Waals surface area contributed by atoms with Crippen molar-refractivity contribution in [2.45, 2.75) is 61.8 Å². The summed E-state index contributed by atoms with van der Waals surface area (Å²) in [5.41, 5.74) is 5.24. The van der Waals surface area contributed by atoms with Crippen LogP contribution in [0.15, 0.2) is 131 Å². The molecule has 0 unspecified atom stereocenters. The third-order valence-electron chi connectivity index (χ3n) is 6.22. The van der Waals surface area contributed by atoms with Crippen molar-refractivity contribution in [1.82, 2.24) is 0 Å². The molecule has 0 spiro atoms. The maximum atomic E-state index is 5.74. The summed E-state index contributed by atoms with van der Waals surface area (Å²) >= 11 is 0. The lowest BCUT2D eigenvalue weighted by Gasteiger charge is -2.09. The van der Waals surface area contributed by atoms with Crippen LogP contribution in [0.3, 0.4) is 0 Å². The minimum atomic E-state index is 0.460. The Hall–Kier alpha value is -4.58. The van der Waals surface area contributed by atoms with Crippen molar-refractivity contribution in [3.63, 3.8) is 0 Å². The van der Waals surface area contributed by atoms with E-state index in [0.717, 1.165) is 40.8 Å². The number of aryl methyl sites for hydroxylation is 1. The lowest BCUT2D eigenvalue weighted by atomic mass is 10.2. The molecule has 0 amide bonds. The quantitative estimate of drug-likeness (QED) is 0.0741. The van der Waals surface area contributed by atoms with Crippen LogP contribution < -0.4 is 14.2 Å². The predicted molar refractivity (Wildman–Crippen MR) is 189 cm³/mol. The first-order chi connectivity index (χ1) is 21.8. The molecule has 0 aromatic heterocycles. The fourth-order valence-electron chi connectivity index (χ4n) is 3.19. The summed E-state index contributed by atoms with van der Waals surface area (Å²) in [6, 6.07) is 22.9. The van der Waals surface area contributed by atoms with E-state index in [0.29, 0.717) is 26.4 Å². The second kappa shape index (κ2) is 23.8. The van der Waals surface area contributed by atoms with Gasteiger partial charge in [0.2, 0.25) is 0 Å². The molecule has 0 saturated heterocycles. The number of benzene rings is 3. The Labute approximate surface area is 271 Å². The summed E-state index contributed by atoms with van der Waals surface area (Å²) < 4.78 is 22.8. The Morgan fingerprint density at radius 1 is 0.667 bits per heavy atom. The van der Waals surface area contributed by atoms with E-state index < -0.39 is 0 Å². The third kappa shape index (κ3) is 18.0. The van der Waals surface area contributed by atoms with Crippen LogP contribution in [0.4, 0.5) is 11.4 Å². The third-order valence-corrected chi connectivity index (χ3v) is 6.22. The zero-order chi connectivity index (χ0) is 33.3. The first-order valence-electron chi connectivity index (χ1n) is 15.6. The Bertz CT molecular complexity index is 1340. The van der Waals surface area contributed by atoms with Gasteiger partial charge in [-0.2, -0.15) is 10.2 Å². The molecule has 3 rings (SSSR count). The second-order valence-corrected chi connectivity index (χ2v) is 9.78. The topological polar surface area (TPSA) is 61.6 Å². The Morgan fingerprint density at radius 2 is 1.09 bits per heavy atom. The van der Waals surface area contributed by atoms with Crippen LogP contribution in [-0.2, 0) is 4.74 Å². The van der Waals surface area contributed by atoms with Crippen molar-refractivity contribution >= 4 is 11.4 Å². The van der Waals surface area contributed by atoms with Gasteiger partial charge in [0.25, 0.3) is 0 Å². The van der Waals surface area contributed by atoms with E-state index >= 15 is 0 Å². The van der Waals surface area contributed by atoms with E-state index in [2.05, 4.69) is 36.7 Å². The maximum absolute atomic E-state index is 5.74. The standard InChI is InChI=1S/C31H36N2O4.C6H10.C2H6/c1-5-24(2)6-9-26(4)34-20-21-35-30-16-10-27(11-17-30)32-33-28-12-18-31(19-13-28)37-23-22-36-29-14-7-25(3)8-15-29;1-4-6(3)5-2;1-2/h6-19H,5,20-23H2,1-4H3;4-5H,1H2,2-3H3;1-2H3/b24-6-,26-9+,33-32?;6-5-;. The van der Waals surface area contributed by atoms with E-state index in [1.807, 2.05) is 133 Å². The van der Waals surface area contributed by atoms with Crippen molar-refractivity contribution in [3.8, 4) is 17.2 Å². The molecule has 0 N–H and O–H groups in total. The Kier molecular flexibility index (Phi) is 20.4. The number of rotatable bonds is 15. The molecular weight excluding hydrogens is 560 g/mol. The van der Waals surface area contributed by atoms with Gasteiger partial charge in [0.1, 0.15) is 43.7 Å². The van der Waals surface area contributed by atoms with Crippen LogP contribution in [0.2, 0.25) is 0 Å². The lowest BCUT2D eigenvalue weighted by Crippen LogP contribution is -2.08. The molecule has 6 nitrogen and oxygen atoms in total. The number of azo groups is 1. The summed E-state index contributed by atoms with van der Waals surface area (Å²) in [5.74, 6) is 3.24. The molecule has 45 heavy (non-hydrogen) atoms. The van der Waals surface area contributed by atoms with Gasteiger partial charge in [-0.3, -0.25) is 0 Å². The van der Waals surface area contributed by atoms with Gasteiger partial charge in [-0.15, -0.1) is 0 Å². The minimum absolute atomic E-state index is 0.460. The van der Waals surface area contributed by atoms with Crippen LogP contribution in [0.1, 0.15) is 60.5 Å². The van der Waals surface area contributed by atoms with E-state index in [1.165, 1.54) is 16.7 Å². The highest BCUT2D eigenvalue weighted by Crippen LogP contribution is 2.23. The van der Waals surface area contributed by atoms with E-state index in [-0.39, 0.29) is 0 Å². The Morgan fingerprint density at radius 3 is 1.47 bits per heavy atom. The number of ether oxygens (including phenoxy) is 4. The zero-order valence-corrected chi connectivity index (χ0v) is 28.5. The molecule has 0 saturated carbocycles. The van der Waals surface area contributed by atoms with Gasteiger partial charge in [0, 0.05) is 0 Å². The highest BCUT2D eigenvalue weighted by atomic mass is 16.5. The number of hydrogen-bond donors (Lipinski definition) is 0. The number of hydrogen-bond acceptors (Lipinski definition) is 6. The summed E-state index contributed by atoms with van der Waals surface area (Å²) in [6.45, 7) is 21.7. The minimum Gasteiger partial charge on any atom is -0.495 e. The molecule has 0 aliphatic carbocycles. The van der Waals surface area contributed by atoms with Crippen molar-refractivity contribution in [3.05, 3.63) is 126 Å². The van der Waals surface area contributed by atoms with Crippen LogP contribution in [-0.4, -0.2) is 26.4 Å². The van der Waals surface area contributed by atoms with Crippen molar-refractivity contribution in [2.24, 2.45) is 10.2 Å². The normalized spacial score (nSPS) is 11.5. The van der Waals surface area contributed by atoms with Gasteiger partial charge in [0.15, 0.2) is 0 Å². The maximum Gasteiger partial charge on any atom is 0.122 e. The lowest BCUT2D eigenvalue weighted by molar-refractivity contribution is 0.157. The van der Waals surface area contributed by atoms with Gasteiger partial charge in [-0.1, -0.05) is 74.4 Å². The zero-order valence-electron chi connectivity index (χ0n) is 28.5. The predicted octanol–water partition coefficient (Wildman–Crippen LogP) is 11.7. The molecule has 0 radical (unpaired) electrons. The van der Waals surface area contributed by atoms with Gasteiger partial charge >= 0.3 is 0 Å². The summed E-state index contributed by atoms with van der Waals surface area (Å²) in [4.78, 5) is 0. The second-order valence-electron chi connectivity index (χ2n) is 9.78. The summed E-state index contributed by atoms with van der Waals surface area (Å²) in [7, 11) is 0. The SMILES string of the molecule is C=C/C(C)=C\C.CC.CC/C(C)=C\C=C(/C)OCCOc1ccc(N=Nc2ccc(OCCOc3ccc(C)cc3)cc2)cc1. The molecule has 0 aliphatic rings. The van der Waals surface area contributed by atoms with Crippen molar-refractivity contribution in [1.29, 1.82) is 0 Å². The van der Waals surface area contributed by atoms with E-state index in [1.54, 1.807) is 0 Å². The van der Waals surface area contributed by atoms with Gasteiger partial charge in [-0.25, -0.2) is 0 Å². The number of nitrogens with zero attached hydrogens (tertiary/aromatic N) is 2. The van der Waals surface area contributed by atoms with Crippen molar-refractivity contribution < 1.29 is 18.9 Å². The molecule has 3 aromatic carbocycles. The molecular formula is C39H52N2O4. The first kappa shape index (κ1) is 38.4. The first-order valence-corrected chi connectivity index (χ1v) is 15.6. The van der Waals surface area contributed by atoms with Crippen LogP contribution in [0.25, 0.3) is 0 Å². The van der Waals surface area contributed by atoms with Gasteiger partial charge in [-0.05, 0) is 108 Å². The highest BCUT2D eigenvalue weighted by Gasteiger charge is 1.99.